The van der Waals surface area contributed by atoms with Crippen molar-refractivity contribution >= 4 is 17.5 Å². The van der Waals surface area contributed by atoms with Gasteiger partial charge in [-0.2, -0.15) is 0 Å². The van der Waals surface area contributed by atoms with E-state index < -0.39 is 5.82 Å². The van der Waals surface area contributed by atoms with Crippen LogP contribution in [0, 0.1) is 5.82 Å². The number of nitrogens with one attached hydrogen (secondary N) is 1. The molecule has 0 aliphatic rings. The molecule has 70 valence electrons. The Morgan fingerprint density at radius 3 is 2.92 bits per heavy atom. The highest BCUT2D eigenvalue weighted by atomic mass is 35.5. The number of amides is 1. The van der Waals surface area contributed by atoms with E-state index in [-0.39, 0.29) is 17.4 Å². The van der Waals surface area contributed by atoms with Gasteiger partial charge in [-0.05, 0) is 11.6 Å². The molecule has 0 unspecified atom stereocenters. The maximum absolute atomic E-state index is 12.9. The van der Waals surface area contributed by atoms with Crippen molar-refractivity contribution < 1.29 is 9.18 Å². The van der Waals surface area contributed by atoms with Crippen molar-refractivity contribution in [1.29, 1.82) is 0 Å². The molecule has 0 radical (unpaired) electrons. The molecule has 0 saturated heterocycles. The van der Waals surface area contributed by atoms with Crippen molar-refractivity contribution in [2.24, 2.45) is 0 Å². The molecule has 0 spiro atoms. The Hall–Kier alpha value is -1.09. The summed E-state index contributed by atoms with van der Waals surface area (Å²) in [7, 11) is 1.52. The number of halogens is 2. The zero-order valence-corrected chi connectivity index (χ0v) is 7.86. The van der Waals surface area contributed by atoms with Gasteiger partial charge in [0.05, 0.1) is 11.4 Å². The summed E-state index contributed by atoms with van der Waals surface area (Å²) in [5.41, 5.74) is 0.501. The van der Waals surface area contributed by atoms with Crippen molar-refractivity contribution in [2.75, 3.05) is 7.05 Å². The van der Waals surface area contributed by atoms with Gasteiger partial charge in [-0.1, -0.05) is 23.7 Å². The molecular weight excluding hydrogens is 193 g/mol. The second kappa shape index (κ2) is 4.23. The summed E-state index contributed by atoms with van der Waals surface area (Å²) in [6.07, 6.45) is 0.104. The SMILES string of the molecule is CNC(=O)Cc1cccc(F)c1Cl. The highest BCUT2D eigenvalue weighted by molar-refractivity contribution is 6.31. The highest BCUT2D eigenvalue weighted by Crippen LogP contribution is 2.19. The first-order valence-electron chi connectivity index (χ1n) is 3.78. The molecule has 0 bridgehead atoms. The van der Waals surface area contributed by atoms with Gasteiger partial charge < -0.3 is 5.32 Å². The fourth-order valence-electron chi connectivity index (χ4n) is 0.946. The van der Waals surface area contributed by atoms with Gasteiger partial charge >= 0.3 is 0 Å². The monoisotopic (exact) mass is 201 g/mol. The molecular formula is C9H9ClFNO. The molecule has 1 aromatic carbocycles. The van der Waals surface area contributed by atoms with Crippen LogP contribution in [0.3, 0.4) is 0 Å². The van der Waals surface area contributed by atoms with Crippen LogP contribution < -0.4 is 5.32 Å². The largest absolute Gasteiger partial charge is 0.359 e. The Kier molecular flexibility index (Phi) is 3.25. The van der Waals surface area contributed by atoms with E-state index in [9.17, 15) is 9.18 Å². The first-order valence-corrected chi connectivity index (χ1v) is 4.16. The van der Waals surface area contributed by atoms with Crippen molar-refractivity contribution in [3.63, 3.8) is 0 Å². The van der Waals surface area contributed by atoms with Crippen LogP contribution in [0.5, 0.6) is 0 Å². The van der Waals surface area contributed by atoms with Gasteiger partial charge in [0.15, 0.2) is 0 Å². The van der Waals surface area contributed by atoms with Gasteiger partial charge in [-0.25, -0.2) is 4.39 Å². The maximum Gasteiger partial charge on any atom is 0.224 e. The van der Waals surface area contributed by atoms with Gasteiger partial charge in [-0.15, -0.1) is 0 Å². The quantitative estimate of drug-likeness (QED) is 0.777. The van der Waals surface area contributed by atoms with Crippen LogP contribution in [0.25, 0.3) is 0 Å². The second-order valence-electron chi connectivity index (χ2n) is 2.56. The summed E-state index contributed by atoms with van der Waals surface area (Å²) in [4.78, 5) is 11.0. The molecule has 1 rings (SSSR count). The van der Waals surface area contributed by atoms with Crippen molar-refractivity contribution in [3.05, 3.63) is 34.6 Å². The van der Waals surface area contributed by atoms with Crippen LogP contribution in [-0.4, -0.2) is 13.0 Å². The topological polar surface area (TPSA) is 29.1 Å². The van der Waals surface area contributed by atoms with E-state index in [1.807, 2.05) is 0 Å². The molecule has 13 heavy (non-hydrogen) atoms. The van der Waals surface area contributed by atoms with E-state index in [1.54, 1.807) is 6.07 Å². The molecule has 0 fully saturated rings. The first-order chi connectivity index (χ1) is 6.15. The maximum atomic E-state index is 12.9. The van der Waals surface area contributed by atoms with Crippen LogP contribution in [-0.2, 0) is 11.2 Å². The van der Waals surface area contributed by atoms with E-state index in [4.69, 9.17) is 11.6 Å². The number of hydrogen-bond donors (Lipinski definition) is 1. The van der Waals surface area contributed by atoms with Gasteiger partial charge in [0.1, 0.15) is 5.82 Å². The number of carbonyl (C=O) groups is 1. The molecule has 2 nitrogen and oxygen atoms in total. The normalized spacial score (nSPS) is 9.77. The van der Waals surface area contributed by atoms with E-state index in [2.05, 4.69) is 5.32 Å². The summed E-state index contributed by atoms with van der Waals surface area (Å²) < 4.78 is 12.9. The first kappa shape index (κ1) is 9.99. The Balaban J connectivity index is 2.89. The predicted molar refractivity (Wildman–Crippen MR) is 49.2 cm³/mol. The Bertz CT molecular complexity index is 327. The number of carbonyl (C=O) groups excluding carboxylic acids is 1. The molecule has 4 heteroatoms. The molecule has 0 saturated carbocycles. The van der Waals surface area contributed by atoms with Crippen molar-refractivity contribution in [1.82, 2.24) is 5.32 Å². The van der Waals surface area contributed by atoms with Crippen LogP contribution in [0.1, 0.15) is 5.56 Å². The lowest BCUT2D eigenvalue weighted by atomic mass is 10.1. The summed E-state index contributed by atoms with van der Waals surface area (Å²) in [5, 5.41) is 2.46. The lowest BCUT2D eigenvalue weighted by Crippen LogP contribution is -2.20. The molecule has 1 aromatic rings. The average Bonchev–Trinajstić information content (AvgIpc) is 2.13. The highest BCUT2D eigenvalue weighted by Gasteiger charge is 2.08. The van der Waals surface area contributed by atoms with E-state index in [0.29, 0.717) is 5.56 Å². The predicted octanol–water partition coefficient (Wildman–Crippen LogP) is 1.77. The van der Waals surface area contributed by atoms with Gasteiger partial charge in [-0.3, -0.25) is 4.79 Å². The van der Waals surface area contributed by atoms with Gasteiger partial charge in [0.25, 0.3) is 0 Å². The third kappa shape index (κ3) is 2.42. The number of benzene rings is 1. The molecule has 0 aliphatic heterocycles. The van der Waals surface area contributed by atoms with Crippen LogP contribution in [0.2, 0.25) is 5.02 Å². The van der Waals surface area contributed by atoms with Crippen LogP contribution in [0.4, 0.5) is 4.39 Å². The lowest BCUT2D eigenvalue weighted by molar-refractivity contribution is -0.119. The van der Waals surface area contributed by atoms with Crippen LogP contribution >= 0.6 is 11.6 Å². The number of likely N-dealkylation sites (N-methyl/N-ethyl adjacent to an activating group) is 1. The Morgan fingerprint density at radius 1 is 1.62 bits per heavy atom. The Morgan fingerprint density at radius 2 is 2.31 bits per heavy atom. The molecule has 0 heterocycles. The van der Waals surface area contributed by atoms with Crippen molar-refractivity contribution in [2.45, 2.75) is 6.42 Å². The van der Waals surface area contributed by atoms with Gasteiger partial charge in [0.2, 0.25) is 5.91 Å². The summed E-state index contributed by atoms with van der Waals surface area (Å²) in [6.45, 7) is 0. The minimum absolute atomic E-state index is 0.0195. The minimum atomic E-state index is -0.497. The molecule has 0 atom stereocenters. The zero-order chi connectivity index (χ0) is 9.84. The molecule has 1 N–H and O–H groups in total. The fourth-order valence-corrected chi connectivity index (χ4v) is 1.14. The molecule has 1 amide bonds. The number of rotatable bonds is 2. The lowest BCUT2D eigenvalue weighted by Gasteiger charge is -2.03. The third-order valence-electron chi connectivity index (χ3n) is 1.66. The molecule has 0 aliphatic carbocycles. The second-order valence-corrected chi connectivity index (χ2v) is 2.94. The number of hydrogen-bond acceptors (Lipinski definition) is 1. The van der Waals surface area contributed by atoms with E-state index in [0.717, 1.165) is 0 Å². The molecule has 0 aromatic heterocycles. The Labute approximate surface area is 80.7 Å². The zero-order valence-electron chi connectivity index (χ0n) is 7.10. The summed E-state index contributed by atoms with van der Waals surface area (Å²) in [5.74, 6) is -0.685. The summed E-state index contributed by atoms with van der Waals surface area (Å²) in [6, 6.07) is 4.41. The minimum Gasteiger partial charge on any atom is -0.359 e. The summed E-state index contributed by atoms with van der Waals surface area (Å²) >= 11 is 5.64. The fraction of sp³-hybridized carbons (Fsp3) is 0.222. The van der Waals surface area contributed by atoms with Crippen molar-refractivity contribution in [3.8, 4) is 0 Å². The average molecular weight is 202 g/mol. The van der Waals surface area contributed by atoms with Crippen LogP contribution in [0.15, 0.2) is 18.2 Å². The third-order valence-corrected chi connectivity index (χ3v) is 2.08. The standard InChI is InChI=1S/C9H9ClFNO/c1-12-8(13)5-6-3-2-4-7(11)9(6)10/h2-4H,5H2,1H3,(H,12,13). The van der Waals surface area contributed by atoms with E-state index >= 15 is 0 Å². The van der Waals surface area contributed by atoms with E-state index in [1.165, 1.54) is 19.2 Å². The van der Waals surface area contributed by atoms with Gasteiger partial charge in [0, 0.05) is 7.05 Å². The smallest absolute Gasteiger partial charge is 0.224 e.